The number of hydrogen-bond donors (Lipinski definition) is 3. The molecular weight excluding hydrogens is 344 g/mol. The van der Waals surface area contributed by atoms with Crippen molar-refractivity contribution in [2.24, 2.45) is 0 Å². The molecule has 0 fully saturated rings. The van der Waals surface area contributed by atoms with Crippen LogP contribution in [0.2, 0.25) is 0 Å². The summed E-state index contributed by atoms with van der Waals surface area (Å²) in [4.78, 5) is 11.6. The molecule has 0 amide bonds. The van der Waals surface area contributed by atoms with Gasteiger partial charge in [-0.2, -0.15) is 0 Å². The number of aliphatic hydroxyl groups is 3. The summed E-state index contributed by atoms with van der Waals surface area (Å²) in [5.74, 6) is -0.140. The lowest BCUT2D eigenvalue weighted by Gasteiger charge is -2.19. The summed E-state index contributed by atoms with van der Waals surface area (Å²) in [7, 11) is 0. The fraction of sp³-hybridized carbons (Fsp3) is 0.864. The van der Waals surface area contributed by atoms with Crippen molar-refractivity contribution in [3.05, 3.63) is 12.2 Å². The van der Waals surface area contributed by atoms with Gasteiger partial charge in [-0.25, -0.2) is 0 Å². The average molecular weight is 387 g/mol. The molecule has 0 heterocycles. The number of carbonyl (C=O) groups is 1. The standard InChI is InChI=1S/C22H42O5/c1-5-6-10-14-19(24)20(25)17-16-18(23)13-11-8-7-9-12-15-21(26)27-22(2,3)4/h16-20,23-25H,5-15H2,1-4H3/b17-16+/t18-,19-,20-/m0/s1. The van der Waals surface area contributed by atoms with Gasteiger partial charge in [0.25, 0.3) is 0 Å². The van der Waals surface area contributed by atoms with Crippen LogP contribution in [0.15, 0.2) is 12.2 Å². The van der Waals surface area contributed by atoms with Crippen LogP contribution in [-0.2, 0) is 9.53 Å². The lowest BCUT2D eigenvalue weighted by molar-refractivity contribution is -0.154. The van der Waals surface area contributed by atoms with Crippen molar-refractivity contribution in [1.29, 1.82) is 0 Å². The third-order valence-electron chi connectivity index (χ3n) is 4.33. The number of esters is 1. The number of carbonyl (C=O) groups excluding carboxylic acids is 1. The Bertz CT molecular complexity index is 400. The molecule has 0 bridgehead atoms. The monoisotopic (exact) mass is 386 g/mol. The molecule has 160 valence electrons. The second kappa shape index (κ2) is 15.1. The third-order valence-corrected chi connectivity index (χ3v) is 4.33. The fourth-order valence-electron chi connectivity index (χ4n) is 2.79. The maximum Gasteiger partial charge on any atom is 0.306 e. The van der Waals surface area contributed by atoms with E-state index in [1.807, 2.05) is 20.8 Å². The van der Waals surface area contributed by atoms with Gasteiger partial charge in [0, 0.05) is 6.42 Å². The highest BCUT2D eigenvalue weighted by Crippen LogP contribution is 2.13. The van der Waals surface area contributed by atoms with E-state index in [1.165, 1.54) is 6.08 Å². The molecule has 0 radical (unpaired) electrons. The van der Waals surface area contributed by atoms with Crippen LogP contribution in [0, 0.1) is 0 Å². The molecule has 0 rings (SSSR count). The lowest BCUT2D eigenvalue weighted by atomic mass is 10.0. The second-order valence-corrected chi connectivity index (χ2v) is 8.40. The first-order valence-electron chi connectivity index (χ1n) is 10.6. The van der Waals surface area contributed by atoms with Crippen molar-refractivity contribution in [2.45, 2.75) is 122 Å². The van der Waals surface area contributed by atoms with Gasteiger partial charge in [-0.05, 0) is 40.0 Å². The summed E-state index contributed by atoms with van der Waals surface area (Å²) in [6.07, 6.45) is 10.3. The van der Waals surface area contributed by atoms with Gasteiger partial charge in [0.2, 0.25) is 0 Å². The first-order chi connectivity index (χ1) is 12.7. The van der Waals surface area contributed by atoms with E-state index in [4.69, 9.17) is 4.74 Å². The Labute approximate surface area is 165 Å². The quantitative estimate of drug-likeness (QED) is 0.222. The largest absolute Gasteiger partial charge is 0.460 e. The Balaban J connectivity index is 3.70. The average Bonchev–Trinajstić information content (AvgIpc) is 2.57. The summed E-state index contributed by atoms with van der Waals surface area (Å²) in [5, 5.41) is 29.6. The van der Waals surface area contributed by atoms with Crippen LogP contribution >= 0.6 is 0 Å². The molecule has 5 nitrogen and oxygen atoms in total. The maximum absolute atomic E-state index is 11.6. The van der Waals surface area contributed by atoms with E-state index in [1.54, 1.807) is 6.08 Å². The van der Waals surface area contributed by atoms with E-state index in [0.29, 0.717) is 19.3 Å². The van der Waals surface area contributed by atoms with Crippen molar-refractivity contribution < 1.29 is 24.9 Å². The minimum absolute atomic E-state index is 0.140. The Kier molecular flexibility index (Phi) is 14.6. The first-order valence-corrected chi connectivity index (χ1v) is 10.6. The molecule has 0 spiro atoms. The minimum Gasteiger partial charge on any atom is -0.460 e. The molecule has 3 atom stereocenters. The summed E-state index contributed by atoms with van der Waals surface area (Å²) in [6.45, 7) is 7.71. The van der Waals surface area contributed by atoms with Gasteiger partial charge in [0.05, 0.1) is 18.3 Å². The molecule has 3 N–H and O–H groups in total. The van der Waals surface area contributed by atoms with Gasteiger partial charge < -0.3 is 20.1 Å². The van der Waals surface area contributed by atoms with E-state index in [-0.39, 0.29) is 5.97 Å². The van der Waals surface area contributed by atoms with E-state index in [0.717, 1.165) is 51.4 Å². The van der Waals surface area contributed by atoms with Gasteiger partial charge in [0.1, 0.15) is 5.60 Å². The van der Waals surface area contributed by atoms with Crippen molar-refractivity contribution in [3.8, 4) is 0 Å². The van der Waals surface area contributed by atoms with Gasteiger partial charge in [-0.1, -0.05) is 64.0 Å². The third kappa shape index (κ3) is 17.0. The maximum atomic E-state index is 11.6. The van der Waals surface area contributed by atoms with Gasteiger partial charge in [-0.3, -0.25) is 4.79 Å². The minimum atomic E-state index is -0.913. The molecule has 0 saturated heterocycles. The zero-order valence-electron chi connectivity index (χ0n) is 17.8. The number of unbranched alkanes of at least 4 members (excludes halogenated alkanes) is 6. The van der Waals surface area contributed by atoms with Crippen molar-refractivity contribution in [3.63, 3.8) is 0 Å². The summed E-state index contributed by atoms with van der Waals surface area (Å²) >= 11 is 0. The Morgan fingerprint density at radius 2 is 1.48 bits per heavy atom. The molecule has 27 heavy (non-hydrogen) atoms. The highest BCUT2D eigenvalue weighted by molar-refractivity contribution is 5.69. The first kappa shape index (κ1) is 26.1. The van der Waals surface area contributed by atoms with E-state index < -0.39 is 23.9 Å². The Morgan fingerprint density at radius 3 is 2.11 bits per heavy atom. The zero-order valence-corrected chi connectivity index (χ0v) is 17.8. The molecule has 0 unspecified atom stereocenters. The SMILES string of the molecule is CCCCC[C@H](O)[C@@H](O)/C=C/[C@@H](O)CCCCCCCC(=O)OC(C)(C)C. The molecule has 0 aliphatic carbocycles. The Hall–Kier alpha value is -0.910. The molecule has 0 aromatic heterocycles. The van der Waals surface area contributed by atoms with E-state index in [9.17, 15) is 20.1 Å². The van der Waals surface area contributed by atoms with Gasteiger partial charge in [-0.15, -0.1) is 0 Å². The smallest absolute Gasteiger partial charge is 0.306 e. The van der Waals surface area contributed by atoms with E-state index >= 15 is 0 Å². The van der Waals surface area contributed by atoms with Gasteiger partial charge in [0.15, 0.2) is 0 Å². The van der Waals surface area contributed by atoms with Crippen molar-refractivity contribution in [2.75, 3.05) is 0 Å². The summed E-state index contributed by atoms with van der Waals surface area (Å²) in [5.41, 5.74) is -0.417. The predicted molar refractivity (Wildman–Crippen MR) is 109 cm³/mol. The summed E-state index contributed by atoms with van der Waals surface area (Å²) in [6, 6.07) is 0. The van der Waals surface area contributed by atoms with Crippen LogP contribution in [0.3, 0.4) is 0 Å². The highest BCUT2D eigenvalue weighted by Gasteiger charge is 2.15. The number of rotatable bonds is 15. The second-order valence-electron chi connectivity index (χ2n) is 8.40. The molecule has 0 aromatic rings. The summed E-state index contributed by atoms with van der Waals surface area (Å²) < 4.78 is 5.27. The lowest BCUT2D eigenvalue weighted by Crippen LogP contribution is -2.24. The van der Waals surface area contributed by atoms with Crippen LogP contribution in [0.1, 0.15) is 98.3 Å². The number of hydrogen-bond acceptors (Lipinski definition) is 5. The highest BCUT2D eigenvalue weighted by atomic mass is 16.6. The van der Waals surface area contributed by atoms with Gasteiger partial charge >= 0.3 is 5.97 Å². The van der Waals surface area contributed by atoms with Crippen LogP contribution in [-0.4, -0.2) is 45.2 Å². The predicted octanol–water partition coefficient (Wildman–Crippen LogP) is 4.28. The van der Waals surface area contributed by atoms with E-state index in [2.05, 4.69) is 6.92 Å². The normalized spacial score (nSPS) is 15.7. The number of ether oxygens (including phenoxy) is 1. The zero-order chi connectivity index (χ0) is 20.7. The molecule has 0 aliphatic heterocycles. The molecule has 0 saturated carbocycles. The molecule has 0 aliphatic rings. The van der Waals surface area contributed by atoms with Crippen molar-refractivity contribution in [1.82, 2.24) is 0 Å². The van der Waals surface area contributed by atoms with Crippen LogP contribution in [0.4, 0.5) is 0 Å². The van der Waals surface area contributed by atoms with Crippen LogP contribution in [0.5, 0.6) is 0 Å². The molecule has 0 aromatic carbocycles. The number of aliphatic hydroxyl groups excluding tert-OH is 3. The fourth-order valence-corrected chi connectivity index (χ4v) is 2.79. The Morgan fingerprint density at radius 1 is 0.889 bits per heavy atom. The van der Waals surface area contributed by atoms with Crippen LogP contribution < -0.4 is 0 Å². The van der Waals surface area contributed by atoms with Crippen LogP contribution in [0.25, 0.3) is 0 Å². The van der Waals surface area contributed by atoms with Crippen molar-refractivity contribution >= 4 is 5.97 Å². The molecule has 5 heteroatoms. The molecular formula is C22H42O5. The topological polar surface area (TPSA) is 87.0 Å².